The molecule has 3 rings (SSSR count). The van der Waals surface area contributed by atoms with Gasteiger partial charge in [0.05, 0.1) is 16.9 Å². The van der Waals surface area contributed by atoms with Gasteiger partial charge in [-0.25, -0.2) is 12.4 Å². The van der Waals surface area contributed by atoms with E-state index in [1.54, 1.807) is 20.9 Å². The Kier molecular flexibility index (Phi) is 4.38. The van der Waals surface area contributed by atoms with Gasteiger partial charge >= 0.3 is 5.97 Å². The van der Waals surface area contributed by atoms with Crippen LogP contribution in [0.15, 0.2) is 23.2 Å². The van der Waals surface area contributed by atoms with E-state index in [-0.39, 0.29) is 23.3 Å². The van der Waals surface area contributed by atoms with Gasteiger partial charge in [0, 0.05) is 31.1 Å². The van der Waals surface area contributed by atoms with E-state index in [1.807, 2.05) is 0 Å². The Bertz CT molecular complexity index is 1170. The van der Waals surface area contributed by atoms with Gasteiger partial charge in [-0.1, -0.05) is 0 Å². The summed E-state index contributed by atoms with van der Waals surface area (Å²) in [4.78, 5) is 11.0. The average molecular weight is 393 g/mol. The second-order valence-corrected chi connectivity index (χ2v) is 8.08. The third-order valence-electron chi connectivity index (χ3n) is 4.52. The molecule has 0 aliphatic heterocycles. The van der Waals surface area contributed by atoms with Crippen LogP contribution in [0.25, 0.3) is 10.9 Å². The molecule has 3 aromatic rings. The Morgan fingerprint density at radius 2 is 1.81 bits per heavy atom. The number of carboxylic acids is 1. The zero-order chi connectivity index (χ0) is 20.1. The lowest BCUT2D eigenvalue weighted by Crippen LogP contribution is -2.14. The number of fused-ring (bicyclic) bond motifs is 1. The number of phenolic OH excluding ortho intramolecular Hbond substituents is 2. The lowest BCUT2D eigenvalue weighted by molar-refractivity contribution is -0.136. The molecule has 0 fully saturated rings. The SMILES string of the molecule is Cc1nn(C)c(C)c1S(=O)(=O)n1cc(CCC(=O)O)c2cc(O)c(O)cc21. The number of aromatic hydroxyl groups is 2. The molecule has 0 bridgehead atoms. The summed E-state index contributed by atoms with van der Waals surface area (Å²) in [6.45, 7) is 3.22. The molecule has 0 saturated carbocycles. The van der Waals surface area contributed by atoms with Crippen molar-refractivity contribution < 1.29 is 28.5 Å². The molecule has 1 aromatic carbocycles. The molecule has 0 atom stereocenters. The summed E-state index contributed by atoms with van der Waals surface area (Å²) in [7, 11) is -2.42. The molecule has 0 aliphatic carbocycles. The van der Waals surface area contributed by atoms with E-state index in [2.05, 4.69) is 5.10 Å². The maximum absolute atomic E-state index is 13.3. The first-order valence-electron chi connectivity index (χ1n) is 8.07. The van der Waals surface area contributed by atoms with Gasteiger partial charge in [-0.05, 0) is 31.9 Å². The molecule has 3 N–H and O–H groups in total. The van der Waals surface area contributed by atoms with Gasteiger partial charge in [0.15, 0.2) is 11.5 Å². The third kappa shape index (κ3) is 3.01. The van der Waals surface area contributed by atoms with Crippen LogP contribution in [0, 0.1) is 13.8 Å². The number of rotatable bonds is 5. The van der Waals surface area contributed by atoms with Crippen molar-refractivity contribution in [1.29, 1.82) is 0 Å². The first kappa shape index (κ1) is 18.8. The molecule has 27 heavy (non-hydrogen) atoms. The van der Waals surface area contributed by atoms with Crippen molar-refractivity contribution in [3.8, 4) is 11.5 Å². The highest BCUT2D eigenvalue weighted by molar-refractivity contribution is 7.90. The second-order valence-electron chi connectivity index (χ2n) is 6.33. The van der Waals surface area contributed by atoms with E-state index >= 15 is 0 Å². The molecule has 0 saturated heterocycles. The van der Waals surface area contributed by atoms with Gasteiger partial charge in [-0.15, -0.1) is 0 Å². The maximum Gasteiger partial charge on any atom is 0.303 e. The van der Waals surface area contributed by atoms with E-state index in [0.717, 1.165) is 10.0 Å². The minimum absolute atomic E-state index is 0.0410. The Labute approximate surface area is 155 Å². The molecule has 10 heteroatoms. The van der Waals surface area contributed by atoms with Crippen LogP contribution in [-0.4, -0.2) is 43.5 Å². The molecule has 0 unspecified atom stereocenters. The highest BCUT2D eigenvalue weighted by Gasteiger charge is 2.28. The Morgan fingerprint density at radius 1 is 1.19 bits per heavy atom. The molecular formula is C17H19N3O6S. The number of nitrogens with zero attached hydrogens (tertiary/aromatic N) is 3. The maximum atomic E-state index is 13.3. The largest absolute Gasteiger partial charge is 0.504 e. The summed E-state index contributed by atoms with van der Waals surface area (Å²) in [6, 6.07) is 2.38. The monoisotopic (exact) mass is 393 g/mol. The van der Waals surface area contributed by atoms with Crippen LogP contribution in [0.3, 0.4) is 0 Å². The Hall–Kier alpha value is -3.01. The van der Waals surface area contributed by atoms with Crippen molar-refractivity contribution in [2.75, 3.05) is 0 Å². The summed E-state index contributed by atoms with van der Waals surface area (Å²) >= 11 is 0. The van der Waals surface area contributed by atoms with Gasteiger partial charge in [0.25, 0.3) is 10.0 Å². The highest BCUT2D eigenvalue weighted by atomic mass is 32.2. The van der Waals surface area contributed by atoms with Crippen LogP contribution in [0.4, 0.5) is 0 Å². The summed E-state index contributed by atoms with van der Waals surface area (Å²) in [5.41, 5.74) is 1.36. The van der Waals surface area contributed by atoms with Crippen molar-refractivity contribution >= 4 is 26.9 Å². The molecule has 0 aliphatic rings. The standard InChI is InChI=1S/C17H19N3O6S/c1-9-17(10(2)19(3)18-9)27(25,26)20-8-11(4-5-16(23)24)12-6-14(21)15(22)7-13(12)20/h6-8,21-22H,4-5H2,1-3H3,(H,23,24). The number of hydrogen-bond acceptors (Lipinski definition) is 6. The van der Waals surface area contributed by atoms with Gasteiger partial charge in [-0.2, -0.15) is 5.10 Å². The predicted octanol–water partition coefficient (Wildman–Crippen LogP) is 1.66. The molecule has 0 amide bonds. The number of benzene rings is 1. The van der Waals surface area contributed by atoms with Gasteiger partial charge < -0.3 is 15.3 Å². The summed E-state index contributed by atoms with van der Waals surface area (Å²) in [5, 5.41) is 33.1. The number of phenols is 2. The minimum atomic E-state index is -4.06. The number of carboxylic acid groups (broad SMARTS) is 1. The number of aromatic nitrogens is 3. The highest BCUT2D eigenvalue weighted by Crippen LogP contribution is 2.36. The van der Waals surface area contributed by atoms with E-state index in [4.69, 9.17) is 5.11 Å². The predicted molar refractivity (Wildman–Crippen MR) is 96.5 cm³/mol. The van der Waals surface area contributed by atoms with Crippen LogP contribution in [0.5, 0.6) is 11.5 Å². The van der Waals surface area contributed by atoms with Gasteiger partial charge in [0.1, 0.15) is 4.90 Å². The van der Waals surface area contributed by atoms with Crippen LogP contribution in [0.2, 0.25) is 0 Å². The fraction of sp³-hybridized carbons (Fsp3) is 0.294. The third-order valence-corrected chi connectivity index (χ3v) is 6.44. The second kappa shape index (κ2) is 6.31. The van der Waals surface area contributed by atoms with E-state index in [0.29, 0.717) is 22.3 Å². The number of hydrogen-bond donors (Lipinski definition) is 3. The molecule has 2 heterocycles. The molecule has 0 spiro atoms. The van der Waals surface area contributed by atoms with E-state index in [9.17, 15) is 23.4 Å². The van der Waals surface area contributed by atoms with Gasteiger partial charge in [0.2, 0.25) is 0 Å². The normalized spacial score (nSPS) is 12.0. The van der Waals surface area contributed by atoms with Crippen LogP contribution in [-0.2, 0) is 28.3 Å². The zero-order valence-electron chi connectivity index (χ0n) is 15.0. The van der Waals surface area contributed by atoms with Crippen LogP contribution >= 0.6 is 0 Å². The van der Waals surface area contributed by atoms with Crippen LogP contribution in [0.1, 0.15) is 23.4 Å². The van der Waals surface area contributed by atoms with Crippen molar-refractivity contribution in [2.24, 2.45) is 7.05 Å². The van der Waals surface area contributed by atoms with Crippen molar-refractivity contribution in [3.63, 3.8) is 0 Å². The first-order valence-corrected chi connectivity index (χ1v) is 9.51. The van der Waals surface area contributed by atoms with Crippen LogP contribution < -0.4 is 0 Å². The fourth-order valence-corrected chi connectivity index (χ4v) is 4.94. The smallest absolute Gasteiger partial charge is 0.303 e. The van der Waals surface area contributed by atoms with E-state index < -0.39 is 27.5 Å². The summed E-state index contributed by atoms with van der Waals surface area (Å²) in [5.74, 6) is -1.91. The fourth-order valence-electron chi connectivity index (χ4n) is 3.15. The summed E-state index contributed by atoms with van der Waals surface area (Å²) < 4.78 is 29.1. The Morgan fingerprint density at radius 3 is 2.37 bits per heavy atom. The molecule has 144 valence electrons. The lowest BCUT2D eigenvalue weighted by Gasteiger charge is -2.08. The molecule has 9 nitrogen and oxygen atoms in total. The molecule has 2 aromatic heterocycles. The quantitative estimate of drug-likeness (QED) is 0.561. The number of aryl methyl sites for hydroxylation is 3. The first-order chi connectivity index (χ1) is 12.5. The molecular weight excluding hydrogens is 374 g/mol. The van der Waals surface area contributed by atoms with E-state index in [1.165, 1.54) is 16.9 Å². The number of aliphatic carboxylic acids is 1. The van der Waals surface area contributed by atoms with Crippen molar-refractivity contribution in [3.05, 3.63) is 35.3 Å². The zero-order valence-corrected chi connectivity index (χ0v) is 15.8. The van der Waals surface area contributed by atoms with Gasteiger partial charge in [-0.3, -0.25) is 9.48 Å². The molecule has 0 radical (unpaired) electrons. The number of carbonyl (C=O) groups is 1. The summed E-state index contributed by atoms with van der Waals surface area (Å²) in [6.07, 6.45) is 1.20. The lowest BCUT2D eigenvalue weighted by atomic mass is 10.1. The Balaban J connectivity index is 2.30. The minimum Gasteiger partial charge on any atom is -0.504 e. The topological polar surface area (TPSA) is 135 Å². The van der Waals surface area contributed by atoms with Crippen molar-refractivity contribution in [1.82, 2.24) is 13.8 Å². The van der Waals surface area contributed by atoms with Crippen molar-refractivity contribution in [2.45, 2.75) is 31.6 Å². The average Bonchev–Trinajstić information content (AvgIpc) is 3.03.